The second kappa shape index (κ2) is 2.88. The third kappa shape index (κ3) is 1.13. The van der Waals surface area contributed by atoms with Crippen LogP contribution in [0.4, 0.5) is 0 Å². The molecule has 0 atom stereocenters. The molecule has 0 aliphatic rings. The van der Waals surface area contributed by atoms with Crippen molar-refractivity contribution in [2.45, 2.75) is 6.54 Å². The van der Waals surface area contributed by atoms with Gasteiger partial charge >= 0.3 is 0 Å². The largest absolute Gasteiger partial charge is 0.326 e. The van der Waals surface area contributed by atoms with Crippen LogP contribution >= 0.6 is 15.9 Å². The van der Waals surface area contributed by atoms with Crippen LogP contribution in [0.2, 0.25) is 0 Å². The first-order valence-electron chi connectivity index (χ1n) is 3.62. The number of pyridine rings is 1. The molecule has 0 fully saturated rings. The standard InChI is InChI=1S/C8H8BrN3/c9-8-7-3-6(4-10)1-2-12(7)5-11-8/h1-3,5H,4,10H2. The summed E-state index contributed by atoms with van der Waals surface area (Å²) in [5.41, 5.74) is 7.68. The predicted octanol–water partition coefficient (Wildman–Crippen LogP) is 1.56. The van der Waals surface area contributed by atoms with E-state index in [0.717, 1.165) is 15.7 Å². The maximum Gasteiger partial charge on any atom is 0.131 e. The minimum Gasteiger partial charge on any atom is -0.326 e. The average molecular weight is 226 g/mol. The summed E-state index contributed by atoms with van der Waals surface area (Å²) in [5, 5.41) is 0. The van der Waals surface area contributed by atoms with Gasteiger partial charge in [-0.05, 0) is 33.6 Å². The van der Waals surface area contributed by atoms with Gasteiger partial charge in [-0.15, -0.1) is 0 Å². The molecule has 4 heteroatoms. The highest BCUT2D eigenvalue weighted by Crippen LogP contribution is 2.16. The first-order valence-corrected chi connectivity index (χ1v) is 4.41. The Morgan fingerprint density at radius 2 is 2.42 bits per heavy atom. The third-order valence-electron chi connectivity index (χ3n) is 1.79. The Bertz CT molecular complexity index is 408. The van der Waals surface area contributed by atoms with Crippen LogP contribution < -0.4 is 5.73 Å². The molecule has 2 aromatic heterocycles. The molecule has 0 amide bonds. The van der Waals surface area contributed by atoms with Gasteiger partial charge in [-0.1, -0.05) is 0 Å². The quantitative estimate of drug-likeness (QED) is 0.801. The maximum absolute atomic E-state index is 5.51. The number of fused-ring (bicyclic) bond motifs is 1. The summed E-state index contributed by atoms with van der Waals surface area (Å²) in [6.45, 7) is 0.564. The minimum absolute atomic E-state index is 0.564. The van der Waals surface area contributed by atoms with E-state index in [4.69, 9.17) is 5.73 Å². The maximum atomic E-state index is 5.51. The van der Waals surface area contributed by atoms with Crippen LogP contribution in [0.5, 0.6) is 0 Å². The summed E-state index contributed by atoms with van der Waals surface area (Å²) >= 11 is 3.36. The topological polar surface area (TPSA) is 43.3 Å². The summed E-state index contributed by atoms with van der Waals surface area (Å²) in [6, 6.07) is 4.01. The third-order valence-corrected chi connectivity index (χ3v) is 2.40. The van der Waals surface area contributed by atoms with Crippen molar-refractivity contribution in [3.63, 3.8) is 0 Å². The van der Waals surface area contributed by atoms with Gasteiger partial charge in [0.1, 0.15) is 10.9 Å². The molecule has 62 valence electrons. The number of hydrogen-bond acceptors (Lipinski definition) is 2. The molecule has 0 radical (unpaired) electrons. The van der Waals surface area contributed by atoms with Crippen molar-refractivity contribution in [1.82, 2.24) is 9.38 Å². The molecule has 0 aliphatic heterocycles. The number of halogens is 1. The lowest BCUT2D eigenvalue weighted by molar-refractivity contribution is 1.05. The lowest BCUT2D eigenvalue weighted by Gasteiger charge is -1.97. The van der Waals surface area contributed by atoms with E-state index in [1.165, 1.54) is 0 Å². The molecule has 0 saturated carbocycles. The Morgan fingerprint density at radius 3 is 3.17 bits per heavy atom. The van der Waals surface area contributed by atoms with Gasteiger partial charge in [0.2, 0.25) is 0 Å². The van der Waals surface area contributed by atoms with Crippen molar-refractivity contribution in [3.8, 4) is 0 Å². The van der Waals surface area contributed by atoms with Crippen molar-refractivity contribution in [2.75, 3.05) is 0 Å². The Kier molecular flexibility index (Phi) is 1.86. The van der Waals surface area contributed by atoms with Crippen molar-refractivity contribution in [2.24, 2.45) is 5.73 Å². The molecule has 2 heterocycles. The molecule has 0 bridgehead atoms. The van der Waals surface area contributed by atoms with Gasteiger partial charge in [0.25, 0.3) is 0 Å². The highest BCUT2D eigenvalue weighted by Gasteiger charge is 2.00. The number of hydrogen-bond donors (Lipinski definition) is 1. The summed E-state index contributed by atoms with van der Waals surface area (Å²) < 4.78 is 2.81. The van der Waals surface area contributed by atoms with Crippen LogP contribution in [0.25, 0.3) is 5.52 Å². The van der Waals surface area contributed by atoms with Gasteiger partial charge in [-0.3, -0.25) is 0 Å². The van der Waals surface area contributed by atoms with E-state index in [1.54, 1.807) is 6.33 Å². The van der Waals surface area contributed by atoms with E-state index in [2.05, 4.69) is 20.9 Å². The Balaban J connectivity index is 2.71. The summed E-state index contributed by atoms with van der Waals surface area (Å²) in [4.78, 5) is 4.11. The molecular formula is C8H8BrN3. The minimum atomic E-state index is 0.564. The molecule has 0 saturated heterocycles. The highest BCUT2D eigenvalue weighted by atomic mass is 79.9. The number of imidazole rings is 1. The van der Waals surface area contributed by atoms with E-state index in [0.29, 0.717) is 6.54 Å². The summed E-state index contributed by atoms with van der Waals surface area (Å²) in [6.07, 6.45) is 3.72. The molecule has 0 unspecified atom stereocenters. The Hall–Kier alpha value is -0.870. The van der Waals surface area contributed by atoms with Crippen LogP contribution in [0.15, 0.2) is 29.3 Å². The van der Waals surface area contributed by atoms with Crippen molar-refractivity contribution in [3.05, 3.63) is 34.8 Å². The van der Waals surface area contributed by atoms with Crippen LogP contribution in [-0.4, -0.2) is 9.38 Å². The fourth-order valence-electron chi connectivity index (χ4n) is 1.13. The normalized spacial score (nSPS) is 10.8. The van der Waals surface area contributed by atoms with Crippen LogP contribution in [0.3, 0.4) is 0 Å². The summed E-state index contributed by atoms with van der Waals surface area (Å²) in [5.74, 6) is 0. The molecule has 2 N–H and O–H groups in total. The number of rotatable bonds is 1. The van der Waals surface area contributed by atoms with E-state index in [-0.39, 0.29) is 0 Å². The Morgan fingerprint density at radius 1 is 1.58 bits per heavy atom. The van der Waals surface area contributed by atoms with Crippen LogP contribution in [-0.2, 0) is 6.54 Å². The van der Waals surface area contributed by atoms with E-state index in [1.807, 2.05) is 22.7 Å². The average Bonchev–Trinajstić information content (AvgIpc) is 2.47. The molecule has 0 spiro atoms. The monoisotopic (exact) mass is 225 g/mol. The second-order valence-corrected chi connectivity index (χ2v) is 3.32. The zero-order valence-electron chi connectivity index (χ0n) is 6.37. The van der Waals surface area contributed by atoms with Crippen LogP contribution in [0.1, 0.15) is 5.56 Å². The van der Waals surface area contributed by atoms with Gasteiger partial charge in [-0.2, -0.15) is 0 Å². The zero-order chi connectivity index (χ0) is 8.55. The fourth-order valence-corrected chi connectivity index (χ4v) is 1.54. The van der Waals surface area contributed by atoms with Crippen molar-refractivity contribution < 1.29 is 0 Å². The van der Waals surface area contributed by atoms with E-state index >= 15 is 0 Å². The molecule has 2 rings (SSSR count). The summed E-state index contributed by atoms with van der Waals surface area (Å²) in [7, 11) is 0. The van der Waals surface area contributed by atoms with Gasteiger partial charge in [0.15, 0.2) is 0 Å². The fraction of sp³-hybridized carbons (Fsp3) is 0.125. The predicted molar refractivity (Wildman–Crippen MR) is 50.8 cm³/mol. The first kappa shape index (κ1) is 7.76. The SMILES string of the molecule is NCc1ccn2cnc(Br)c2c1. The molecule has 0 aromatic carbocycles. The Labute approximate surface area is 78.3 Å². The highest BCUT2D eigenvalue weighted by molar-refractivity contribution is 9.10. The number of nitrogens with zero attached hydrogens (tertiary/aromatic N) is 2. The molecule has 0 aliphatic carbocycles. The van der Waals surface area contributed by atoms with Gasteiger partial charge in [-0.25, -0.2) is 4.98 Å². The van der Waals surface area contributed by atoms with Crippen LogP contribution in [0, 0.1) is 0 Å². The van der Waals surface area contributed by atoms with Gasteiger partial charge in [0, 0.05) is 12.7 Å². The number of aromatic nitrogens is 2. The molecule has 12 heavy (non-hydrogen) atoms. The van der Waals surface area contributed by atoms with Gasteiger partial charge in [0.05, 0.1) is 5.52 Å². The van der Waals surface area contributed by atoms with E-state index in [9.17, 15) is 0 Å². The zero-order valence-corrected chi connectivity index (χ0v) is 7.95. The van der Waals surface area contributed by atoms with Crippen molar-refractivity contribution >= 4 is 21.4 Å². The first-order chi connectivity index (χ1) is 5.81. The molecule has 2 aromatic rings. The lowest BCUT2D eigenvalue weighted by Crippen LogP contribution is -1.96. The van der Waals surface area contributed by atoms with Gasteiger partial charge < -0.3 is 10.1 Å². The lowest BCUT2D eigenvalue weighted by atomic mass is 10.2. The smallest absolute Gasteiger partial charge is 0.131 e. The van der Waals surface area contributed by atoms with Crippen molar-refractivity contribution in [1.29, 1.82) is 0 Å². The number of nitrogens with two attached hydrogens (primary N) is 1. The second-order valence-electron chi connectivity index (χ2n) is 2.57. The molecular weight excluding hydrogens is 218 g/mol. The molecule has 3 nitrogen and oxygen atoms in total. The van der Waals surface area contributed by atoms with E-state index < -0.39 is 0 Å².